The SMILES string of the molecule is Cl.O=C(N1CCC(CN2CCc3ccccc3C2)CC1)C(F)(F)F. The molecule has 0 aromatic heterocycles. The Morgan fingerprint density at radius 1 is 1.08 bits per heavy atom. The highest BCUT2D eigenvalue weighted by Gasteiger charge is 2.43. The van der Waals surface area contributed by atoms with Crippen molar-refractivity contribution in [1.82, 2.24) is 9.80 Å². The third kappa shape index (κ3) is 4.42. The second-order valence-electron chi connectivity index (χ2n) is 6.49. The van der Waals surface area contributed by atoms with E-state index < -0.39 is 12.1 Å². The molecule has 1 aromatic carbocycles. The Kier molecular flexibility index (Phi) is 6.15. The van der Waals surface area contributed by atoms with Gasteiger partial charge in [-0.2, -0.15) is 13.2 Å². The molecule has 7 heteroatoms. The average Bonchev–Trinajstić information content (AvgIpc) is 2.54. The van der Waals surface area contributed by atoms with Crippen LogP contribution in [0.3, 0.4) is 0 Å². The summed E-state index contributed by atoms with van der Waals surface area (Å²) in [5.74, 6) is -1.32. The molecule has 3 rings (SSSR count). The zero-order chi connectivity index (χ0) is 16.4. The van der Waals surface area contributed by atoms with Crippen LogP contribution in [-0.2, 0) is 17.8 Å². The molecular weight excluding hydrogens is 341 g/mol. The number of hydrogen-bond acceptors (Lipinski definition) is 2. The molecule has 134 valence electrons. The Labute approximate surface area is 146 Å². The lowest BCUT2D eigenvalue weighted by Gasteiger charge is -2.36. The van der Waals surface area contributed by atoms with Crippen LogP contribution in [0.25, 0.3) is 0 Å². The number of nitrogens with zero attached hydrogens (tertiary/aromatic N) is 2. The Balaban J connectivity index is 0.00000208. The van der Waals surface area contributed by atoms with Crippen molar-refractivity contribution < 1.29 is 18.0 Å². The molecule has 1 saturated heterocycles. The van der Waals surface area contributed by atoms with Crippen molar-refractivity contribution in [2.24, 2.45) is 5.92 Å². The van der Waals surface area contributed by atoms with Crippen LogP contribution >= 0.6 is 12.4 Å². The minimum absolute atomic E-state index is 0. The summed E-state index contributed by atoms with van der Waals surface area (Å²) in [5.41, 5.74) is 2.75. The summed E-state index contributed by atoms with van der Waals surface area (Å²) in [5, 5.41) is 0. The molecule has 1 fully saturated rings. The van der Waals surface area contributed by atoms with E-state index in [1.54, 1.807) is 0 Å². The summed E-state index contributed by atoms with van der Waals surface area (Å²) >= 11 is 0. The number of benzene rings is 1. The minimum Gasteiger partial charge on any atom is -0.335 e. The molecule has 0 atom stereocenters. The summed E-state index contributed by atoms with van der Waals surface area (Å²) in [6.45, 7) is 3.25. The maximum absolute atomic E-state index is 12.4. The van der Waals surface area contributed by atoms with E-state index in [1.807, 2.05) is 6.07 Å². The van der Waals surface area contributed by atoms with Crippen LogP contribution in [0.5, 0.6) is 0 Å². The standard InChI is InChI=1S/C17H21F3N2O.ClH/c18-17(19,20)16(23)22-9-5-13(6-10-22)11-21-8-7-14-3-1-2-4-15(14)12-21;/h1-4,13H,5-12H2;1H. The average molecular weight is 363 g/mol. The van der Waals surface area contributed by atoms with Crippen LogP contribution in [0.4, 0.5) is 13.2 Å². The fraction of sp³-hybridized carbons (Fsp3) is 0.588. The monoisotopic (exact) mass is 362 g/mol. The van der Waals surface area contributed by atoms with Gasteiger partial charge in [-0.05, 0) is 36.3 Å². The number of halogens is 4. The second kappa shape index (κ2) is 7.74. The number of alkyl halides is 3. The van der Waals surface area contributed by atoms with Gasteiger partial charge in [-0.25, -0.2) is 0 Å². The molecule has 0 unspecified atom stereocenters. The Bertz CT molecular complexity index is 571. The van der Waals surface area contributed by atoms with Crippen molar-refractivity contribution in [3.63, 3.8) is 0 Å². The topological polar surface area (TPSA) is 23.6 Å². The summed E-state index contributed by atoms with van der Waals surface area (Å²) in [4.78, 5) is 14.6. The zero-order valence-corrected chi connectivity index (χ0v) is 14.2. The Morgan fingerprint density at radius 3 is 2.33 bits per heavy atom. The first-order chi connectivity index (χ1) is 10.9. The van der Waals surface area contributed by atoms with Gasteiger partial charge in [-0.15, -0.1) is 12.4 Å². The van der Waals surface area contributed by atoms with Crippen LogP contribution in [0.15, 0.2) is 24.3 Å². The normalized spacial score (nSPS) is 19.5. The van der Waals surface area contributed by atoms with Gasteiger partial charge in [0.15, 0.2) is 0 Å². The molecule has 24 heavy (non-hydrogen) atoms. The van der Waals surface area contributed by atoms with Gasteiger partial charge in [-0.3, -0.25) is 9.69 Å². The summed E-state index contributed by atoms with van der Waals surface area (Å²) in [6.07, 6.45) is -2.41. The van der Waals surface area contributed by atoms with E-state index in [4.69, 9.17) is 0 Å². The maximum Gasteiger partial charge on any atom is 0.471 e. The number of fused-ring (bicyclic) bond motifs is 1. The summed E-state index contributed by atoms with van der Waals surface area (Å²) < 4.78 is 37.3. The summed E-state index contributed by atoms with van der Waals surface area (Å²) in [6, 6.07) is 8.41. The minimum atomic E-state index is -4.75. The van der Waals surface area contributed by atoms with E-state index in [0.717, 1.165) is 31.0 Å². The quantitative estimate of drug-likeness (QED) is 0.806. The molecule has 2 heterocycles. The van der Waals surface area contributed by atoms with E-state index in [-0.39, 0.29) is 25.5 Å². The number of hydrogen-bond donors (Lipinski definition) is 0. The van der Waals surface area contributed by atoms with Crippen molar-refractivity contribution in [3.05, 3.63) is 35.4 Å². The first-order valence-corrected chi connectivity index (χ1v) is 8.09. The maximum atomic E-state index is 12.4. The van der Waals surface area contributed by atoms with Crippen molar-refractivity contribution in [1.29, 1.82) is 0 Å². The number of likely N-dealkylation sites (tertiary alicyclic amines) is 1. The Hall–Kier alpha value is -1.27. The van der Waals surface area contributed by atoms with E-state index in [0.29, 0.717) is 18.8 Å². The molecule has 0 N–H and O–H groups in total. The van der Waals surface area contributed by atoms with E-state index >= 15 is 0 Å². The third-order valence-electron chi connectivity index (χ3n) is 4.87. The lowest BCUT2D eigenvalue weighted by Crippen LogP contribution is -2.47. The molecule has 2 aliphatic rings. The molecule has 1 amide bonds. The van der Waals surface area contributed by atoms with Gasteiger partial charge in [0, 0.05) is 32.7 Å². The highest BCUT2D eigenvalue weighted by Crippen LogP contribution is 2.26. The first-order valence-electron chi connectivity index (χ1n) is 8.09. The van der Waals surface area contributed by atoms with Gasteiger partial charge in [0.2, 0.25) is 0 Å². The van der Waals surface area contributed by atoms with Gasteiger partial charge in [-0.1, -0.05) is 24.3 Å². The van der Waals surface area contributed by atoms with Gasteiger partial charge < -0.3 is 4.90 Å². The highest BCUT2D eigenvalue weighted by atomic mass is 35.5. The van der Waals surface area contributed by atoms with Gasteiger partial charge in [0.05, 0.1) is 0 Å². The van der Waals surface area contributed by atoms with Crippen molar-refractivity contribution >= 4 is 18.3 Å². The van der Waals surface area contributed by atoms with Crippen LogP contribution in [0.2, 0.25) is 0 Å². The van der Waals surface area contributed by atoms with Gasteiger partial charge in [0.1, 0.15) is 0 Å². The predicted molar refractivity (Wildman–Crippen MR) is 88.0 cm³/mol. The number of piperidine rings is 1. The van der Waals surface area contributed by atoms with Crippen LogP contribution in [0, 0.1) is 5.92 Å². The molecular formula is C17H22ClF3N2O. The number of amides is 1. The molecule has 0 aliphatic carbocycles. The first kappa shape index (κ1) is 19.1. The van der Waals surface area contributed by atoms with Gasteiger partial charge in [0.25, 0.3) is 0 Å². The number of carbonyl (C=O) groups excluding carboxylic acids is 1. The second-order valence-corrected chi connectivity index (χ2v) is 6.49. The zero-order valence-electron chi connectivity index (χ0n) is 13.4. The lowest BCUT2D eigenvalue weighted by molar-refractivity contribution is -0.186. The molecule has 0 spiro atoms. The van der Waals surface area contributed by atoms with E-state index in [2.05, 4.69) is 23.1 Å². The van der Waals surface area contributed by atoms with Crippen LogP contribution < -0.4 is 0 Å². The summed E-state index contributed by atoms with van der Waals surface area (Å²) in [7, 11) is 0. The molecule has 0 bridgehead atoms. The number of carbonyl (C=O) groups is 1. The van der Waals surface area contributed by atoms with Crippen LogP contribution in [-0.4, -0.2) is 48.1 Å². The molecule has 3 nitrogen and oxygen atoms in total. The predicted octanol–water partition coefficient (Wildman–Crippen LogP) is 3.27. The molecule has 1 aromatic rings. The van der Waals surface area contributed by atoms with E-state index in [1.165, 1.54) is 11.1 Å². The molecule has 0 saturated carbocycles. The van der Waals surface area contributed by atoms with E-state index in [9.17, 15) is 18.0 Å². The molecule has 2 aliphatic heterocycles. The van der Waals surface area contributed by atoms with Crippen molar-refractivity contribution in [3.8, 4) is 0 Å². The number of rotatable bonds is 2. The Morgan fingerprint density at radius 2 is 1.71 bits per heavy atom. The van der Waals surface area contributed by atoms with Crippen molar-refractivity contribution in [2.45, 2.75) is 32.0 Å². The molecule has 0 radical (unpaired) electrons. The third-order valence-corrected chi connectivity index (χ3v) is 4.87. The van der Waals surface area contributed by atoms with Crippen molar-refractivity contribution in [2.75, 3.05) is 26.2 Å². The van der Waals surface area contributed by atoms with Gasteiger partial charge >= 0.3 is 12.1 Å². The smallest absolute Gasteiger partial charge is 0.335 e. The lowest BCUT2D eigenvalue weighted by atomic mass is 9.94. The highest BCUT2D eigenvalue weighted by molar-refractivity contribution is 5.85. The van der Waals surface area contributed by atoms with Crippen LogP contribution in [0.1, 0.15) is 24.0 Å². The largest absolute Gasteiger partial charge is 0.471 e. The fourth-order valence-electron chi connectivity index (χ4n) is 3.57. The fourth-order valence-corrected chi connectivity index (χ4v) is 3.57.